The Labute approximate surface area is 78.3 Å². The van der Waals surface area contributed by atoms with Crippen LogP contribution in [-0.4, -0.2) is 23.3 Å². The van der Waals surface area contributed by atoms with Gasteiger partial charge in [0.25, 0.3) is 0 Å². The van der Waals surface area contributed by atoms with E-state index in [2.05, 4.69) is 23.5 Å². The van der Waals surface area contributed by atoms with Gasteiger partial charge < -0.3 is 10.5 Å². The van der Waals surface area contributed by atoms with E-state index in [1.165, 1.54) is 6.92 Å². The van der Waals surface area contributed by atoms with Crippen molar-refractivity contribution in [1.29, 1.82) is 0 Å². The van der Waals surface area contributed by atoms with Gasteiger partial charge in [-0.05, 0) is 19.8 Å². The van der Waals surface area contributed by atoms with Crippen LogP contribution in [0.15, 0.2) is 17.3 Å². The molecule has 0 aliphatic carbocycles. The second-order valence-electron chi connectivity index (χ2n) is 2.58. The van der Waals surface area contributed by atoms with Crippen LogP contribution < -0.4 is 5.43 Å². The molecule has 0 rings (SSSR count). The van der Waals surface area contributed by atoms with E-state index in [9.17, 15) is 4.79 Å². The van der Waals surface area contributed by atoms with Crippen molar-refractivity contribution in [1.82, 2.24) is 5.43 Å². The second kappa shape index (κ2) is 7.34. The minimum atomic E-state index is -0.989. The molecule has 0 fully saturated rings. The van der Waals surface area contributed by atoms with Gasteiger partial charge in [0, 0.05) is 6.54 Å². The first-order valence-electron chi connectivity index (χ1n) is 4.34. The summed E-state index contributed by atoms with van der Waals surface area (Å²) in [4.78, 5) is 10.3. The molecule has 0 saturated carbocycles. The maximum Gasteiger partial charge on any atom is 0.351 e. The molecule has 2 N–H and O–H groups in total. The molecule has 13 heavy (non-hydrogen) atoms. The molecule has 0 heterocycles. The van der Waals surface area contributed by atoms with Gasteiger partial charge in [0.1, 0.15) is 5.71 Å². The summed E-state index contributed by atoms with van der Waals surface area (Å²) >= 11 is 0. The summed E-state index contributed by atoms with van der Waals surface area (Å²) in [6.45, 7) is 4.19. The van der Waals surface area contributed by atoms with Crippen molar-refractivity contribution in [3.05, 3.63) is 12.2 Å². The number of carboxylic acid groups (broad SMARTS) is 1. The minimum absolute atomic E-state index is 0.0828. The van der Waals surface area contributed by atoms with E-state index in [0.29, 0.717) is 6.54 Å². The topological polar surface area (TPSA) is 61.7 Å². The van der Waals surface area contributed by atoms with Gasteiger partial charge in [0.05, 0.1) is 0 Å². The van der Waals surface area contributed by atoms with Gasteiger partial charge in [-0.3, -0.25) is 0 Å². The molecular weight excluding hydrogens is 168 g/mol. The van der Waals surface area contributed by atoms with E-state index < -0.39 is 5.97 Å². The first-order chi connectivity index (χ1) is 6.18. The van der Waals surface area contributed by atoms with E-state index in [1.807, 2.05) is 6.08 Å². The number of hydrogen-bond donors (Lipinski definition) is 2. The highest BCUT2D eigenvalue weighted by Crippen LogP contribution is 1.84. The number of hydrogen-bond acceptors (Lipinski definition) is 3. The average Bonchev–Trinajstić information content (AvgIpc) is 2.10. The van der Waals surface area contributed by atoms with Crippen LogP contribution in [0.5, 0.6) is 0 Å². The summed E-state index contributed by atoms with van der Waals surface area (Å²) in [5, 5.41) is 12.1. The lowest BCUT2D eigenvalue weighted by molar-refractivity contribution is -0.129. The third kappa shape index (κ3) is 7.05. The summed E-state index contributed by atoms with van der Waals surface area (Å²) in [6, 6.07) is 0. The maximum atomic E-state index is 10.3. The quantitative estimate of drug-likeness (QED) is 0.284. The lowest BCUT2D eigenvalue weighted by Crippen LogP contribution is -2.15. The predicted octanol–water partition coefficient (Wildman–Crippen LogP) is 1.39. The molecule has 0 radical (unpaired) electrons. The summed E-state index contributed by atoms with van der Waals surface area (Å²) < 4.78 is 0. The van der Waals surface area contributed by atoms with Crippen LogP contribution in [0.1, 0.15) is 26.7 Å². The third-order valence-electron chi connectivity index (χ3n) is 1.38. The Morgan fingerprint density at radius 1 is 1.54 bits per heavy atom. The Balaban J connectivity index is 3.50. The molecule has 0 aromatic heterocycles. The smallest absolute Gasteiger partial charge is 0.351 e. The molecule has 0 atom stereocenters. The Morgan fingerprint density at radius 2 is 2.23 bits per heavy atom. The highest BCUT2D eigenvalue weighted by Gasteiger charge is 1.99. The Bertz CT molecular complexity index is 210. The van der Waals surface area contributed by atoms with Crippen molar-refractivity contribution >= 4 is 11.7 Å². The second-order valence-corrected chi connectivity index (χ2v) is 2.58. The zero-order chi connectivity index (χ0) is 10.1. The highest BCUT2D eigenvalue weighted by molar-refractivity contribution is 6.34. The highest BCUT2D eigenvalue weighted by atomic mass is 16.4. The van der Waals surface area contributed by atoms with Gasteiger partial charge in [-0.15, -0.1) is 0 Å². The van der Waals surface area contributed by atoms with E-state index in [0.717, 1.165) is 12.8 Å². The molecular formula is C9H16N2O2. The fourth-order valence-electron chi connectivity index (χ4n) is 0.655. The number of carbonyl (C=O) groups is 1. The molecule has 0 unspecified atom stereocenters. The molecule has 0 aliphatic heterocycles. The van der Waals surface area contributed by atoms with Crippen molar-refractivity contribution < 1.29 is 9.90 Å². The summed E-state index contributed by atoms with van der Waals surface area (Å²) in [5.41, 5.74) is 2.76. The van der Waals surface area contributed by atoms with Crippen LogP contribution in [-0.2, 0) is 4.79 Å². The lowest BCUT2D eigenvalue weighted by Gasteiger charge is -1.97. The Hall–Kier alpha value is -1.32. The third-order valence-corrected chi connectivity index (χ3v) is 1.38. The van der Waals surface area contributed by atoms with Crippen molar-refractivity contribution in [3.8, 4) is 0 Å². The standard InChI is InChI=1S/C9H16N2O2/c1-3-4-5-6-7-10-11-8(2)9(12)13/h4-5,10H,3,6-7H2,1-2H3,(H,12,13)/b5-4+,11-8+. The summed E-state index contributed by atoms with van der Waals surface area (Å²) in [7, 11) is 0. The number of aliphatic carboxylic acids is 1. The molecule has 4 heteroatoms. The molecule has 0 aliphatic rings. The molecule has 0 amide bonds. The van der Waals surface area contributed by atoms with Crippen LogP contribution in [0.4, 0.5) is 0 Å². The molecule has 0 spiro atoms. The number of hydrazone groups is 1. The SMILES string of the molecule is CC/C=C/CCN/N=C(\C)C(=O)O. The van der Waals surface area contributed by atoms with Crippen molar-refractivity contribution in [2.45, 2.75) is 26.7 Å². The molecule has 0 aromatic carbocycles. The predicted molar refractivity (Wildman–Crippen MR) is 52.8 cm³/mol. The fourth-order valence-corrected chi connectivity index (χ4v) is 0.655. The lowest BCUT2D eigenvalue weighted by atomic mass is 10.3. The van der Waals surface area contributed by atoms with Gasteiger partial charge in [-0.2, -0.15) is 5.10 Å². The van der Waals surface area contributed by atoms with Crippen molar-refractivity contribution in [2.24, 2.45) is 5.10 Å². The van der Waals surface area contributed by atoms with Gasteiger partial charge in [0.2, 0.25) is 0 Å². The molecule has 74 valence electrons. The van der Waals surface area contributed by atoms with Crippen molar-refractivity contribution in [2.75, 3.05) is 6.54 Å². The van der Waals surface area contributed by atoms with Gasteiger partial charge in [-0.25, -0.2) is 4.79 Å². The zero-order valence-electron chi connectivity index (χ0n) is 8.08. The van der Waals surface area contributed by atoms with Crippen molar-refractivity contribution in [3.63, 3.8) is 0 Å². The number of rotatable bonds is 6. The first-order valence-corrected chi connectivity index (χ1v) is 4.34. The van der Waals surface area contributed by atoms with Crippen LogP contribution in [0, 0.1) is 0 Å². The number of nitrogens with one attached hydrogen (secondary N) is 1. The van der Waals surface area contributed by atoms with Crippen LogP contribution in [0.3, 0.4) is 0 Å². The largest absolute Gasteiger partial charge is 0.477 e. The Morgan fingerprint density at radius 3 is 2.77 bits per heavy atom. The van der Waals surface area contributed by atoms with Crippen LogP contribution in [0.2, 0.25) is 0 Å². The van der Waals surface area contributed by atoms with E-state index in [4.69, 9.17) is 5.11 Å². The van der Waals surface area contributed by atoms with Gasteiger partial charge in [-0.1, -0.05) is 19.1 Å². The van der Waals surface area contributed by atoms with Gasteiger partial charge >= 0.3 is 5.97 Å². The maximum absolute atomic E-state index is 10.3. The van der Waals surface area contributed by atoms with Gasteiger partial charge in [0.15, 0.2) is 0 Å². The first kappa shape index (κ1) is 11.7. The molecule has 0 bridgehead atoms. The monoisotopic (exact) mass is 184 g/mol. The number of carboxylic acids is 1. The zero-order valence-corrected chi connectivity index (χ0v) is 8.08. The number of nitrogens with zero attached hydrogens (tertiary/aromatic N) is 1. The average molecular weight is 184 g/mol. The van der Waals surface area contributed by atoms with E-state index in [1.54, 1.807) is 0 Å². The summed E-state index contributed by atoms with van der Waals surface area (Å²) in [5.74, 6) is -0.989. The summed E-state index contributed by atoms with van der Waals surface area (Å²) in [6.07, 6.45) is 6.00. The fraction of sp³-hybridized carbons (Fsp3) is 0.556. The van der Waals surface area contributed by atoms with E-state index in [-0.39, 0.29) is 5.71 Å². The Kier molecular flexibility index (Phi) is 6.59. The van der Waals surface area contributed by atoms with Crippen LogP contribution >= 0.6 is 0 Å². The van der Waals surface area contributed by atoms with Crippen LogP contribution in [0.25, 0.3) is 0 Å². The van der Waals surface area contributed by atoms with E-state index >= 15 is 0 Å². The molecule has 0 saturated heterocycles. The normalized spacial score (nSPS) is 12.0. The minimum Gasteiger partial charge on any atom is -0.477 e. The molecule has 4 nitrogen and oxygen atoms in total. The molecule has 0 aromatic rings. The number of allylic oxidation sites excluding steroid dienone is 1.